The minimum absolute atomic E-state index is 0.0171. The van der Waals surface area contributed by atoms with Crippen molar-refractivity contribution in [1.82, 2.24) is 5.32 Å². The fourth-order valence-corrected chi connectivity index (χ4v) is 3.16. The van der Waals surface area contributed by atoms with Gasteiger partial charge in [-0.25, -0.2) is 0 Å². The summed E-state index contributed by atoms with van der Waals surface area (Å²) in [5, 5.41) is 5.87. The second-order valence-corrected chi connectivity index (χ2v) is 6.84. The number of carbonyl (C=O) groups is 2. The summed E-state index contributed by atoms with van der Waals surface area (Å²) in [5.41, 5.74) is 4.22. The van der Waals surface area contributed by atoms with Crippen molar-refractivity contribution in [2.75, 3.05) is 11.9 Å². The second-order valence-electron chi connectivity index (χ2n) is 6.84. The van der Waals surface area contributed by atoms with Crippen LogP contribution in [0, 0.1) is 25.7 Å². The Morgan fingerprint density at radius 2 is 1.60 bits per heavy atom. The predicted molar refractivity (Wildman–Crippen MR) is 99.3 cm³/mol. The summed E-state index contributed by atoms with van der Waals surface area (Å²) in [4.78, 5) is 24.5. The highest BCUT2D eigenvalue weighted by Crippen LogP contribution is 2.39. The Balaban J connectivity index is 1.45. The fraction of sp³-hybridized carbons (Fsp3) is 0.333. The smallest absolute Gasteiger partial charge is 0.228 e. The lowest BCUT2D eigenvalue weighted by atomic mass is 10.1. The minimum Gasteiger partial charge on any atom is -0.356 e. The number of amides is 2. The molecule has 1 aliphatic rings. The third-order valence-corrected chi connectivity index (χ3v) is 4.51. The molecule has 130 valence electrons. The highest BCUT2D eigenvalue weighted by molar-refractivity contribution is 5.99. The van der Waals surface area contributed by atoms with Crippen molar-refractivity contribution in [3.8, 4) is 0 Å². The molecule has 2 N–H and O–H groups in total. The fourth-order valence-electron chi connectivity index (χ4n) is 3.16. The first kappa shape index (κ1) is 17.2. The molecule has 2 unspecified atom stereocenters. The van der Waals surface area contributed by atoms with E-state index in [4.69, 9.17) is 0 Å². The summed E-state index contributed by atoms with van der Waals surface area (Å²) in [6.45, 7) is 4.61. The molecule has 0 heterocycles. The molecule has 2 aromatic carbocycles. The van der Waals surface area contributed by atoms with Gasteiger partial charge < -0.3 is 10.6 Å². The molecule has 1 aliphatic carbocycles. The van der Waals surface area contributed by atoms with Gasteiger partial charge in [-0.2, -0.15) is 0 Å². The van der Waals surface area contributed by atoms with Crippen LogP contribution in [0.1, 0.15) is 23.1 Å². The summed E-state index contributed by atoms with van der Waals surface area (Å²) in [7, 11) is 0. The van der Waals surface area contributed by atoms with Crippen LogP contribution in [-0.4, -0.2) is 18.4 Å². The van der Waals surface area contributed by atoms with Crippen LogP contribution in [0.25, 0.3) is 0 Å². The van der Waals surface area contributed by atoms with Gasteiger partial charge in [-0.3, -0.25) is 9.59 Å². The van der Waals surface area contributed by atoms with E-state index in [1.807, 2.05) is 56.3 Å². The van der Waals surface area contributed by atoms with Crippen molar-refractivity contribution in [2.45, 2.75) is 26.7 Å². The normalized spacial score (nSPS) is 18.5. The lowest BCUT2D eigenvalue weighted by molar-refractivity contribution is -0.125. The number of nitrogens with one attached hydrogen (secondary N) is 2. The molecule has 0 radical (unpaired) electrons. The van der Waals surface area contributed by atoms with Crippen LogP contribution in [0.4, 0.5) is 5.69 Å². The van der Waals surface area contributed by atoms with Gasteiger partial charge in [0, 0.05) is 12.2 Å². The van der Waals surface area contributed by atoms with E-state index in [1.54, 1.807) is 0 Å². The van der Waals surface area contributed by atoms with Crippen LogP contribution < -0.4 is 10.6 Å². The molecule has 3 rings (SSSR count). The first-order valence-electron chi connectivity index (χ1n) is 8.74. The Kier molecular flexibility index (Phi) is 5.17. The summed E-state index contributed by atoms with van der Waals surface area (Å²) in [5.74, 6) is -0.482. The predicted octanol–water partition coefficient (Wildman–Crippen LogP) is 3.24. The maximum Gasteiger partial charge on any atom is 0.228 e. The molecular formula is C21H24N2O2. The largest absolute Gasteiger partial charge is 0.356 e. The molecule has 0 spiro atoms. The standard InChI is InChI=1S/C21H24N2O2/c1-14-10-15(2)12-17(11-14)23-21(25)19-13-18(19)20(24)22-9-8-16-6-4-3-5-7-16/h3-7,10-12,18-19H,8-9,13H2,1-2H3,(H,22,24)(H,23,25). The molecule has 0 aliphatic heterocycles. The van der Waals surface area contributed by atoms with E-state index in [9.17, 15) is 9.59 Å². The SMILES string of the molecule is Cc1cc(C)cc(NC(=O)C2CC2C(=O)NCCc2ccccc2)c1. The van der Waals surface area contributed by atoms with E-state index in [1.165, 1.54) is 5.56 Å². The average Bonchev–Trinajstić information content (AvgIpc) is 3.35. The Morgan fingerprint density at radius 3 is 2.28 bits per heavy atom. The van der Waals surface area contributed by atoms with Gasteiger partial charge in [0.1, 0.15) is 0 Å². The molecule has 0 aromatic heterocycles. The van der Waals surface area contributed by atoms with Gasteiger partial charge in [-0.1, -0.05) is 36.4 Å². The zero-order chi connectivity index (χ0) is 17.8. The van der Waals surface area contributed by atoms with E-state index >= 15 is 0 Å². The number of rotatable bonds is 6. The van der Waals surface area contributed by atoms with Crippen molar-refractivity contribution in [2.24, 2.45) is 11.8 Å². The van der Waals surface area contributed by atoms with Gasteiger partial charge in [0.2, 0.25) is 11.8 Å². The van der Waals surface area contributed by atoms with E-state index in [2.05, 4.69) is 16.7 Å². The molecule has 1 saturated carbocycles. The summed E-state index contributed by atoms with van der Waals surface area (Å²) in [6, 6.07) is 16.0. The van der Waals surface area contributed by atoms with Crippen LogP contribution >= 0.6 is 0 Å². The van der Waals surface area contributed by atoms with E-state index in [-0.39, 0.29) is 23.7 Å². The first-order chi connectivity index (χ1) is 12.0. The van der Waals surface area contributed by atoms with Crippen LogP contribution in [0.3, 0.4) is 0 Å². The van der Waals surface area contributed by atoms with Gasteiger partial charge in [-0.05, 0) is 55.5 Å². The maximum atomic E-state index is 12.3. The molecule has 2 atom stereocenters. The van der Waals surface area contributed by atoms with Gasteiger partial charge in [0.25, 0.3) is 0 Å². The van der Waals surface area contributed by atoms with Crippen LogP contribution in [-0.2, 0) is 16.0 Å². The maximum absolute atomic E-state index is 12.3. The van der Waals surface area contributed by atoms with Crippen LogP contribution in [0.2, 0.25) is 0 Å². The van der Waals surface area contributed by atoms with Crippen LogP contribution in [0.5, 0.6) is 0 Å². The Labute approximate surface area is 148 Å². The van der Waals surface area contributed by atoms with Crippen molar-refractivity contribution >= 4 is 17.5 Å². The van der Waals surface area contributed by atoms with E-state index in [0.29, 0.717) is 13.0 Å². The lowest BCUT2D eigenvalue weighted by Crippen LogP contribution is -2.29. The topological polar surface area (TPSA) is 58.2 Å². The monoisotopic (exact) mass is 336 g/mol. The van der Waals surface area contributed by atoms with E-state index < -0.39 is 0 Å². The third-order valence-electron chi connectivity index (χ3n) is 4.51. The van der Waals surface area contributed by atoms with Crippen molar-refractivity contribution in [3.05, 3.63) is 65.2 Å². The Hall–Kier alpha value is -2.62. The highest BCUT2D eigenvalue weighted by Gasteiger charge is 2.47. The molecule has 4 nitrogen and oxygen atoms in total. The van der Waals surface area contributed by atoms with Gasteiger partial charge in [0.15, 0.2) is 0 Å². The summed E-state index contributed by atoms with van der Waals surface area (Å²) >= 11 is 0. The molecule has 2 aromatic rings. The number of hydrogen-bond donors (Lipinski definition) is 2. The van der Waals surface area contributed by atoms with Crippen molar-refractivity contribution < 1.29 is 9.59 Å². The number of anilines is 1. The Morgan fingerprint density at radius 1 is 0.960 bits per heavy atom. The molecule has 4 heteroatoms. The third kappa shape index (κ3) is 4.69. The van der Waals surface area contributed by atoms with Crippen molar-refractivity contribution in [1.29, 1.82) is 0 Å². The van der Waals surface area contributed by atoms with Gasteiger partial charge >= 0.3 is 0 Å². The molecule has 25 heavy (non-hydrogen) atoms. The van der Waals surface area contributed by atoms with E-state index in [0.717, 1.165) is 23.2 Å². The Bertz CT molecular complexity index is 750. The minimum atomic E-state index is -0.211. The quantitative estimate of drug-likeness (QED) is 0.851. The second kappa shape index (κ2) is 7.51. The number of aryl methyl sites for hydroxylation is 2. The zero-order valence-electron chi connectivity index (χ0n) is 14.7. The van der Waals surface area contributed by atoms with Gasteiger partial charge in [-0.15, -0.1) is 0 Å². The zero-order valence-corrected chi connectivity index (χ0v) is 14.7. The average molecular weight is 336 g/mol. The summed E-state index contributed by atoms with van der Waals surface area (Å²) in [6.07, 6.45) is 1.44. The molecule has 1 fully saturated rings. The van der Waals surface area contributed by atoms with Gasteiger partial charge in [0.05, 0.1) is 11.8 Å². The molecule has 0 bridgehead atoms. The number of carbonyl (C=O) groups excluding carboxylic acids is 2. The summed E-state index contributed by atoms with van der Waals surface area (Å²) < 4.78 is 0. The first-order valence-corrected chi connectivity index (χ1v) is 8.74. The molecule has 2 amide bonds. The van der Waals surface area contributed by atoms with Crippen LogP contribution in [0.15, 0.2) is 48.5 Å². The highest BCUT2D eigenvalue weighted by atomic mass is 16.2. The molecule has 0 saturated heterocycles. The number of hydrogen-bond acceptors (Lipinski definition) is 2. The molecular weight excluding hydrogens is 312 g/mol. The van der Waals surface area contributed by atoms with Crippen molar-refractivity contribution in [3.63, 3.8) is 0 Å². The number of benzene rings is 2. The lowest BCUT2D eigenvalue weighted by Gasteiger charge is -2.08.